The largest absolute Gasteiger partial charge is 0.495 e. The molecule has 0 spiro atoms. The lowest BCUT2D eigenvalue weighted by Crippen LogP contribution is -2.47. The highest BCUT2D eigenvalue weighted by Crippen LogP contribution is 2.30. The minimum absolute atomic E-state index is 0.0868. The molecule has 2 aliphatic rings. The maximum Gasteiger partial charge on any atom is 0.249 e. The number of carbonyl (C=O) groups is 1. The number of hydrogen-bond donors (Lipinski definition) is 1. The van der Waals surface area contributed by atoms with E-state index in [2.05, 4.69) is 27.2 Å². The average Bonchev–Trinajstić information content (AvgIpc) is 3.42. The van der Waals surface area contributed by atoms with Gasteiger partial charge in [0.05, 0.1) is 24.9 Å². The number of aromatic nitrogens is 2. The van der Waals surface area contributed by atoms with Crippen LogP contribution in [0, 0.1) is 0 Å². The molecule has 1 amide bonds. The zero-order valence-corrected chi connectivity index (χ0v) is 18.9. The summed E-state index contributed by atoms with van der Waals surface area (Å²) in [5.74, 6) is 2.34. The molecule has 3 heterocycles. The highest BCUT2D eigenvalue weighted by Gasteiger charge is 2.25. The fourth-order valence-corrected chi connectivity index (χ4v) is 4.54. The molecule has 1 N–H and O–H groups in total. The van der Waals surface area contributed by atoms with E-state index < -0.39 is 0 Å². The maximum atomic E-state index is 12.4. The number of hydrogen-bond acceptors (Lipinski definition) is 7. The molecule has 0 bridgehead atoms. The summed E-state index contributed by atoms with van der Waals surface area (Å²) in [5, 5.41) is 3.97. The molecule has 1 aromatic heterocycles. The van der Waals surface area contributed by atoms with E-state index in [0.29, 0.717) is 12.4 Å². The molecule has 3 aromatic rings. The number of benzene rings is 2. The number of piperazine rings is 1. The molecule has 2 aromatic carbocycles. The Morgan fingerprint density at radius 2 is 1.82 bits per heavy atom. The summed E-state index contributed by atoms with van der Waals surface area (Å²) in [6.07, 6.45) is 1.34. The van der Waals surface area contributed by atoms with Crippen molar-refractivity contribution in [3.8, 4) is 5.75 Å². The molecule has 0 aliphatic carbocycles. The highest BCUT2D eigenvalue weighted by atomic mass is 16.5. The number of carbonyl (C=O) groups excluding carboxylic acids is 1. The van der Waals surface area contributed by atoms with Crippen molar-refractivity contribution in [3.63, 3.8) is 0 Å². The van der Waals surface area contributed by atoms with Gasteiger partial charge >= 0.3 is 0 Å². The topological polar surface area (TPSA) is 79.8 Å². The third-order valence-corrected chi connectivity index (χ3v) is 6.28. The molecule has 0 radical (unpaired) electrons. The summed E-state index contributed by atoms with van der Waals surface area (Å²) in [4.78, 5) is 26.6. The van der Waals surface area contributed by atoms with Crippen LogP contribution < -0.4 is 19.9 Å². The third kappa shape index (κ3) is 4.57. The molecular formula is C25H29N5O3. The Balaban J connectivity index is 1.33. The Labute approximate surface area is 193 Å². The van der Waals surface area contributed by atoms with E-state index in [1.165, 1.54) is 0 Å². The summed E-state index contributed by atoms with van der Waals surface area (Å²) in [6, 6.07) is 16.2. The van der Waals surface area contributed by atoms with Crippen LogP contribution in [0.25, 0.3) is 10.9 Å². The molecule has 1 atom stereocenters. The summed E-state index contributed by atoms with van der Waals surface area (Å²) < 4.78 is 11.0. The SMILES string of the molecule is COc1ccccc1N1CCN(c2nc(CNC(=O)C3CCCO3)nc3ccccc23)CC1. The zero-order chi connectivity index (χ0) is 22.6. The summed E-state index contributed by atoms with van der Waals surface area (Å²) >= 11 is 0. The van der Waals surface area contributed by atoms with E-state index in [0.717, 1.165) is 67.2 Å². The monoisotopic (exact) mass is 447 g/mol. The van der Waals surface area contributed by atoms with E-state index in [1.807, 2.05) is 36.4 Å². The molecule has 2 aliphatic heterocycles. The predicted molar refractivity (Wildman–Crippen MR) is 128 cm³/mol. The van der Waals surface area contributed by atoms with E-state index in [-0.39, 0.29) is 18.6 Å². The number of rotatable bonds is 6. The molecule has 5 rings (SSSR count). The normalized spacial score (nSPS) is 18.5. The number of nitrogens with one attached hydrogen (secondary N) is 1. The smallest absolute Gasteiger partial charge is 0.249 e. The first-order valence-corrected chi connectivity index (χ1v) is 11.5. The first kappa shape index (κ1) is 21.5. The van der Waals surface area contributed by atoms with Crippen LogP contribution >= 0.6 is 0 Å². The van der Waals surface area contributed by atoms with Gasteiger partial charge in [-0.15, -0.1) is 0 Å². The lowest BCUT2D eigenvalue weighted by molar-refractivity contribution is -0.130. The molecule has 8 heteroatoms. The van der Waals surface area contributed by atoms with Gasteiger partial charge in [-0.2, -0.15) is 0 Å². The van der Waals surface area contributed by atoms with Gasteiger partial charge in [-0.1, -0.05) is 24.3 Å². The Hall–Kier alpha value is -3.39. The van der Waals surface area contributed by atoms with Crippen LogP contribution in [-0.4, -0.2) is 61.9 Å². The van der Waals surface area contributed by atoms with Gasteiger partial charge in [0.15, 0.2) is 5.82 Å². The summed E-state index contributed by atoms with van der Waals surface area (Å²) in [5.41, 5.74) is 2.00. The van der Waals surface area contributed by atoms with Gasteiger partial charge in [0.1, 0.15) is 17.7 Å². The first-order chi connectivity index (χ1) is 16.2. The summed E-state index contributed by atoms with van der Waals surface area (Å²) in [6.45, 7) is 4.34. The fourth-order valence-electron chi connectivity index (χ4n) is 4.54. The van der Waals surface area contributed by atoms with Gasteiger partial charge in [0, 0.05) is 38.2 Å². The Morgan fingerprint density at radius 1 is 1.06 bits per heavy atom. The number of ether oxygens (including phenoxy) is 2. The van der Waals surface area contributed by atoms with Crippen molar-refractivity contribution >= 4 is 28.3 Å². The van der Waals surface area contributed by atoms with Gasteiger partial charge in [0.2, 0.25) is 5.91 Å². The Bertz CT molecular complexity index is 1120. The Morgan fingerprint density at radius 3 is 2.61 bits per heavy atom. The van der Waals surface area contributed by atoms with Crippen molar-refractivity contribution in [1.82, 2.24) is 15.3 Å². The number of anilines is 2. The molecule has 33 heavy (non-hydrogen) atoms. The maximum absolute atomic E-state index is 12.4. The minimum Gasteiger partial charge on any atom is -0.495 e. The second kappa shape index (κ2) is 9.62. The van der Waals surface area contributed by atoms with E-state index >= 15 is 0 Å². The molecule has 8 nitrogen and oxygen atoms in total. The predicted octanol–water partition coefficient (Wildman–Crippen LogP) is 2.76. The van der Waals surface area contributed by atoms with Crippen LogP contribution in [0.15, 0.2) is 48.5 Å². The lowest BCUT2D eigenvalue weighted by Gasteiger charge is -2.37. The third-order valence-electron chi connectivity index (χ3n) is 6.28. The van der Waals surface area contributed by atoms with Crippen LogP contribution in [0.5, 0.6) is 5.75 Å². The van der Waals surface area contributed by atoms with Gasteiger partial charge in [-0.05, 0) is 37.1 Å². The molecule has 2 fully saturated rings. The number of amides is 1. The zero-order valence-electron chi connectivity index (χ0n) is 18.9. The van der Waals surface area contributed by atoms with Crippen molar-refractivity contribution in [2.24, 2.45) is 0 Å². The molecule has 2 saturated heterocycles. The van der Waals surface area contributed by atoms with Gasteiger partial charge < -0.3 is 24.6 Å². The van der Waals surface area contributed by atoms with Crippen molar-refractivity contribution in [3.05, 3.63) is 54.4 Å². The number of para-hydroxylation sites is 3. The molecule has 1 unspecified atom stereocenters. The first-order valence-electron chi connectivity index (χ1n) is 11.5. The van der Waals surface area contributed by atoms with Crippen molar-refractivity contribution in [2.75, 3.05) is 49.7 Å². The second-order valence-electron chi connectivity index (χ2n) is 8.35. The average molecular weight is 448 g/mol. The van der Waals surface area contributed by atoms with E-state index in [1.54, 1.807) is 7.11 Å². The fraction of sp³-hybridized carbons (Fsp3) is 0.400. The van der Waals surface area contributed by atoms with Crippen molar-refractivity contribution in [1.29, 1.82) is 0 Å². The highest BCUT2D eigenvalue weighted by molar-refractivity contribution is 5.89. The van der Waals surface area contributed by atoms with Crippen LogP contribution in [0.2, 0.25) is 0 Å². The van der Waals surface area contributed by atoms with Gasteiger partial charge in [-0.3, -0.25) is 4.79 Å². The van der Waals surface area contributed by atoms with E-state index in [4.69, 9.17) is 19.4 Å². The van der Waals surface area contributed by atoms with Crippen LogP contribution in [0.1, 0.15) is 18.7 Å². The summed E-state index contributed by atoms with van der Waals surface area (Å²) in [7, 11) is 1.71. The lowest BCUT2D eigenvalue weighted by atomic mass is 10.2. The standard InChI is InChI=1S/C25H29N5O3/c1-32-21-10-5-4-9-20(21)29-12-14-30(15-13-29)24-18-7-2-3-8-19(18)27-23(28-24)17-26-25(31)22-11-6-16-33-22/h2-5,7-10,22H,6,11-17H2,1H3,(H,26,31). The number of nitrogens with zero attached hydrogens (tertiary/aromatic N) is 4. The quantitative estimate of drug-likeness (QED) is 0.622. The molecule has 0 saturated carbocycles. The van der Waals surface area contributed by atoms with Crippen molar-refractivity contribution in [2.45, 2.75) is 25.5 Å². The van der Waals surface area contributed by atoms with Crippen molar-refractivity contribution < 1.29 is 14.3 Å². The van der Waals surface area contributed by atoms with E-state index in [9.17, 15) is 4.79 Å². The number of fused-ring (bicyclic) bond motifs is 1. The Kier molecular flexibility index (Phi) is 6.26. The van der Waals surface area contributed by atoms with Crippen LogP contribution in [0.4, 0.5) is 11.5 Å². The van der Waals surface area contributed by atoms with Crippen LogP contribution in [-0.2, 0) is 16.1 Å². The molecular weight excluding hydrogens is 418 g/mol. The molecule has 172 valence electrons. The minimum atomic E-state index is -0.354. The van der Waals surface area contributed by atoms with Gasteiger partial charge in [0.25, 0.3) is 0 Å². The number of methoxy groups -OCH3 is 1. The second-order valence-corrected chi connectivity index (χ2v) is 8.35. The van der Waals surface area contributed by atoms with Crippen LogP contribution in [0.3, 0.4) is 0 Å². The van der Waals surface area contributed by atoms with Gasteiger partial charge in [-0.25, -0.2) is 9.97 Å².